The normalized spacial score (nSPS) is 10.6. The third-order valence-electron chi connectivity index (χ3n) is 4.72. The number of hydrogen-bond donors (Lipinski definition) is 1. The molecule has 0 bridgehead atoms. The number of nitrogens with one attached hydrogen (secondary N) is 1. The van der Waals surface area contributed by atoms with Crippen LogP contribution in [0.2, 0.25) is 0 Å². The maximum Gasteiger partial charge on any atom is 0.340 e. The number of aromatic nitrogens is 3. The minimum atomic E-state index is -0.543. The fourth-order valence-electron chi connectivity index (χ4n) is 3.18. The lowest BCUT2D eigenvalue weighted by molar-refractivity contribution is -0.116. The van der Waals surface area contributed by atoms with Crippen LogP contribution in [0.4, 0.5) is 5.69 Å². The molecule has 0 aliphatic rings. The van der Waals surface area contributed by atoms with Gasteiger partial charge in [0.15, 0.2) is 0 Å². The topological polar surface area (TPSA) is 116 Å². The molecule has 0 aliphatic heterocycles. The van der Waals surface area contributed by atoms with Gasteiger partial charge in [0.1, 0.15) is 12.1 Å². The molecule has 4 rings (SSSR count). The summed E-state index contributed by atoms with van der Waals surface area (Å²) < 4.78 is 11.5. The third-order valence-corrected chi connectivity index (χ3v) is 4.72. The molecule has 4 aromatic rings. The Morgan fingerprint density at radius 1 is 1.03 bits per heavy atom. The summed E-state index contributed by atoms with van der Waals surface area (Å²) in [5.74, 6) is -0.616. The van der Waals surface area contributed by atoms with Crippen LogP contribution in [0.25, 0.3) is 22.8 Å². The summed E-state index contributed by atoms with van der Waals surface area (Å²) in [7, 11) is 0. The molecule has 0 aliphatic carbocycles. The van der Waals surface area contributed by atoms with Crippen LogP contribution in [-0.2, 0) is 16.1 Å². The maximum absolute atomic E-state index is 12.9. The van der Waals surface area contributed by atoms with E-state index in [4.69, 9.17) is 9.26 Å². The molecule has 9 nitrogen and oxygen atoms in total. The number of amides is 1. The molecule has 1 amide bonds. The molecule has 33 heavy (non-hydrogen) atoms. The minimum absolute atomic E-state index is 0.0567. The van der Waals surface area contributed by atoms with Crippen LogP contribution in [0.3, 0.4) is 0 Å². The Kier molecular flexibility index (Phi) is 6.40. The second kappa shape index (κ2) is 9.73. The van der Waals surface area contributed by atoms with E-state index in [0.29, 0.717) is 11.5 Å². The molecule has 1 N–H and O–H groups in total. The number of carbonyl (C=O) groups is 2. The Hall–Kier alpha value is -4.53. The predicted molar refractivity (Wildman–Crippen MR) is 120 cm³/mol. The first-order valence-corrected chi connectivity index (χ1v) is 10.2. The van der Waals surface area contributed by atoms with Crippen molar-refractivity contribution in [3.05, 3.63) is 88.8 Å². The van der Waals surface area contributed by atoms with E-state index in [9.17, 15) is 14.4 Å². The minimum Gasteiger partial charge on any atom is -0.462 e. The number of ether oxygens (including phenoxy) is 1. The van der Waals surface area contributed by atoms with Crippen molar-refractivity contribution in [2.45, 2.75) is 13.5 Å². The van der Waals surface area contributed by atoms with E-state index in [1.165, 1.54) is 10.8 Å². The monoisotopic (exact) mass is 444 g/mol. The van der Waals surface area contributed by atoms with Gasteiger partial charge in [-0.2, -0.15) is 4.98 Å². The van der Waals surface area contributed by atoms with Crippen molar-refractivity contribution in [2.24, 2.45) is 0 Å². The Labute approximate surface area is 188 Å². The van der Waals surface area contributed by atoms with Crippen molar-refractivity contribution in [2.75, 3.05) is 11.9 Å². The summed E-state index contributed by atoms with van der Waals surface area (Å²) in [6, 6.07) is 18.9. The van der Waals surface area contributed by atoms with Gasteiger partial charge in [0.05, 0.1) is 17.9 Å². The molecule has 2 heterocycles. The lowest BCUT2D eigenvalue weighted by atomic mass is 10.2. The third kappa shape index (κ3) is 4.87. The quantitative estimate of drug-likeness (QED) is 0.434. The first-order valence-electron chi connectivity index (χ1n) is 10.2. The van der Waals surface area contributed by atoms with Gasteiger partial charge in [0.2, 0.25) is 11.7 Å². The Morgan fingerprint density at radius 3 is 2.58 bits per heavy atom. The summed E-state index contributed by atoms with van der Waals surface area (Å²) >= 11 is 0. The molecule has 0 saturated heterocycles. The van der Waals surface area contributed by atoms with Crippen molar-refractivity contribution in [1.82, 2.24) is 14.7 Å². The number of hydrogen-bond acceptors (Lipinski definition) is 7. The zero-order chi connectivity index (χ0) is 23.2. The Balaban J connectivity index is 1.54. The van der Waals surface area contributed by atoms with E-state index >= 15 is 0 Å². The average Bonchev–Trinajstić information content (AvgIpc) is 3.31. The number of rotatable bonds is 7. The molecule has 0 fully saturated rings. The maximum atomic E-state index is 12.9. The van der Waals surface area contributed by atoms with Gasteiger partial charge in [0, 0.05) is 11.8 Å². The number of para-hydroxylation sites is 1. The van der Waals surface area contributed by atoms with Crippen molar-refractivity contribution in [3.63, 3.8) is 0 Å². The van der Waals surface area contributed by atoms with Crippen LogP contribution in [0.5, 0.6) is 0 Å². The molecule has 2 aromatic heterocycles. The molecule has 2 aromatic carbocycles. The zero-order valence-corrected chi connectivity index (χ0v) is 17.7. The lowest BCUT2D eigenvalue weighted by Gasteiger charge is -2.11. The first-order chi connectivity index (χ1) is 16.1. The molecular formula is C24H20N4O5. The zero-order valence-electron chi connectivity index (χ0n) is 17.7. The highest BCUT2D eigenvalue weighted by Gasteiger charge is 2.17. The predicted octanol–water partition coefficient (Wildman–Crippen LogP) is 3.38. The molecule has 0 atom stereocenters. The molecule has 166 valence electrons. The molecule has 9 heteroatoms. The number of nitrogens with zero attached hydrogens (tertiary/aromatic N) is 3. The molecule has 0 saturated carbocycles. The van der Waals surface area contributed by atoms with Crippen LogP contribution in [0, 0.1) is 0 Å². The van der Waals surface area contributed by atoms with Crippen LogP contribution < -0.4 is 10.9 Å². The smallest absolute Gasteiger partial charge is 0.340 e. The first kappa shape index (κ1) is 21.7. The number of esters is 1. The fraction of sp³-hybridized carbons (Fsp3) is 0.125. The summed E-state index contributed by atoms with van der Waals surface area (Å²) in [6.07, 6.45) is 1.48. The number of benzene rings is 2. The molecule has 0 unspecified atom stereocenters. The van der Waals surface area contributed by atoms with E-state index < -0.39 is 17.4 Å². The van der Waals surface area contributed by atoms with Crippen LogP contribution >= 0.6 is 0 Å². The van der Waals surface area contributed by atoms with Gasteiger partial charge >= 0.3 is 5.97 Å². The SMILES string of the molecule is CCOC(=O)c1ccccc1NC(=O)Cn1cccc(-c2nc(-c3ccccc3)no2)c1=O. The number of carbonyl (C=O) groups excluding carboxylic acids is 2. The summed E-state index contributed by atoms with van der Waals surface area (Å²) in [5, 5.41) is 6.59. The van der Waals surface area contributed by atoms with E-state index in [-0.39, 0.29) is 30.2 Å². The van der Waals surface area contributed by atoms with Crippen molar-refractivity contribution in [3.8, 4) is 22.8 Å². The van der Waals surface area contributed by atoms with Crippen LogP contribution in [-0.4, -0.2) is 33.2 Å². The van der Waals surface area contributed by atoms with E-state index in [1.807, 2.05) is 30.3 Å². The largest absolute Gasteiger partial charge is 0.462 e. The Morgan fingerprint density at radius 2 is 1.79 bits per heavy atom. The van der Waals surface area contributed by atoms with Crippen LogP contribution in [0.15, 0.2) is 82.2 Å². The van der Waals surface area contributed by atoms with Crippen molar-refractivity contribution >= 4 is 17.6 Å². The summed E-state index contributed by atoms with van der Waals surface area (Å²) in [6.45, 7) is 1.64. The Bertz CT molecular complexity index is 1340. The highest BCUT2D eigenvalue weighted by Crippen LogP contribution is 2.20. The van der Waals surface area contributed by atoms with Crippen LogP contribution in [0.1, 0.15) is 17.3 Å². The van der Waals surface area contributed by atoms with Gasteiger partial charge in [-0.15, -0.1) is 0 Å². The number of pyridine rings is 1. The van der Waals surface area contributed by atoms with Crippen molar-refractivity contribution < 1.29 is 18.8 Å². The summed E-state index contributed by atoms with van der Waals surface area (Å²) in [5.41, 5.74) is 0.993. The highest BCUT2D eigenvalue weighted by molar-refractivity contribution is 6.01. The van der Waals surface area contributed by atoms with Gasteiger partial charge in [-0.3, -0.25) is 9.59 Å². The highest BCUT2D eigenvalue weighted by atomic mass is 16.5. The molecule has 0 radical (unpaired) electrons. The second-order valence-corrected chi connectivity index (χ2v) is 6.96. The lowest BCUT2D eigenvalue weighted by Crippen LogP contribution is -2.28. The molecular weight excluding hydrogens is 424 g/mol. The second-order valence-electron chi connectivity index (χ2n) is 6.96. The molecule has 0 spiro atoms. The van der Waals surface area contributed by atoms with Gasteiger partial charge in [0.25, 0.3) is 11.4 Å². The van der Waals surface area contributed by atoms with Gasteiger partial charge in [-0.25, -0.2) is 4.79 Å². The van der Waals surface area contributed by atoms with Gasteiger partial charge in [-0.05, 0) is 31.2 Å². The fourth-order valence-corrected chi connectivity index (χ4v) is 3.18. The van der Waals surface area contributed by atoms with E-state index in [2.05, 4.69) is 15.5 Å². The van der Waals surface area contributed by atoms with Gasteiger partial charge < -0.3 is 19.1 Å². The van der Waals surface area contributed by atoms with E-state index in [1.54, 1.807) is 43.3 Å². The van der Waals surface area contributed by atoms with E-state index in [0.717, 1.165) is 5.56 Å². The summed E-state index contributed by atoms with van der Waals surface area (Å²) in [4.78, 5) is 42.0. The average molecular weight is 444 g/mol. The number of anilines is 1. The van der Waals surface area contributed by atoms with Gasteiger partial charge in [-0.1, -0.05) is 47.6 Å². The van der Waals surface area contributed by atoms with Crippen molar-refractivity contribution in [1.29, 1.82) is 0 Å². The standard InChI is InChI=1S/C24H20N4O5/c1-2-32-24(31)17-11-6-7-13-19(17)25-20(29)15-28-14-8-12-18(23(28)30)22-26-21(27-33-22)16-9-4-3-5-10-16/h3-14H,2,15H2,1H3,(H,25,29).